The maximum Gasteiger partial charge on any atom is 0.255 e. The Hall–Kier alpha value is -4.78. The summed E-state index contributed by atoms with van der Waals surface area (Å²) in [5, 5.41) is 19.8. The predicted molar refractivity (Wildman–Crippen MR) is 212 cm³/mol. The lowest BCUT2D eigenvalue weighted by Gasteiger charge is -2.39. The van der Waals surface area contributed by atoms with Crippen LogP contribution < -0.4 is 16.0 Å². The van der Waals surface area contributed by atoms with Crippen molar-refractivity contribution in [3.63, 3.8) is 0 Å². The normalized spacial score (nSPS) is 21.9. The number of halogens is 1. The van der Waals surface area contributed by atoms with E-state index in [-0.39, 0.29) is 49.9 Å². The molecule has 10 nitrogen and oxygen atoms in total. The Morgan fingerprint density at radius 1 is 0.945 bits per heavy atom. The molecule has 12 heteroatoms. The van der Waals surface area contributed by atoms with Gasteiger partial charge in [-0.15, -0.1) is 11.8 Å². The monoisotopic (exact) mass is 762 g/mol. The number of thioether (sulfide) groups is 1. The predicted octanol–water partition coefficient (Wildman–Crippen LogP) is 6.76. The summed E-state index contributed by atoms with van der Waals surface area (Å²) in [5.41, 5.74) is 8.14. The van der Waals surface area contributed by atoms with Gasteiger partial charge in [0.2, 0.25) is 11.8 Å². The molecule has 4 aliphatic rings. The van der Waals surface area contributed by atoms with Gasteiger partial charge in [0.25, 0.3) is 5.91 Å². The lowest BCUT2D eigenvalue weighted by Crippen LogP contribution is -2.52. The molecule has 1 aromatic heterocycles. The van der Waals surface area contributed by atoms with Gasteiger partial charge in [-0.3, -0.25) is 29.6 Å². The number of nitrogens with zero attached hydrogens (tertiary/aromatic N) is 3. The average molecular weight is 763 g/mol. The number of unbranched alkanes of at least 4 members (excludes halogenated alkanes) is 3. The first kappa shape index (κ1) is 37.2. The number of anilines is 2. The Morgan fingerprint density at radius 3 is 2.62 bits per heavy atom. The van der Waals surface area contributed by atoms with Crippen LogP contribution in [0.25, 0.3) is 11.1 Å². The number of nitrogens with one attached hydrogen (secondary N) is 3. The number of aromatic nitrogens is 1. The van der Waals surface area contributed by atoms with Gasteiger partial charge in [0.1, 0.15) is 11.9 Å². The van der Waals surface area contributed by atoms with Crippen LogP contribution >= 0.6 is 11.8 Å². The number of aliphatic hydroxyl groups excluding tert-OH is 1. The van der Waals surface area contributed by atoms with Crippen LogP contribution in [0.3, 0.4) is 0 Å². The Morgan fingerprint density at radius 2 is 1.78 bits per heavy atom. The molecule has 2 fully saturated rings. The van der Waals surface area contributed by atoms with E-state index in [1.807, 2.05) is 12.4 Å². The van der Waals surface area contributed by atoms with Gasteiger partial charge in [-0.25, -0.2) is 4.39 Å². The third-order valence-electron chi connectivity index (χ3n) is 11.5. The minimum atomic E-state index is -0.716. The first-order valence-corrected chi connectivity index (χ1v) is 20.4. The Kier molecular flexibility index (Phi) is 11.2. The number of piperidine rings is 1. The molecular formula is C43H47FN6O4S. The van der Waals surface area contributed by atoms with Crippen molar-refractivity contribution in [3.05, 3.63) is 107 Å². The highest BCUT2D eigenvalue weighted by Gasteiger charge is 2.44. The third-order valence-corrected chi connectivity index (χ3v) is 12.7. The van der Waals surface area contributed by atoms with Crippen molar-refractivity contribution in [2.24, 2.45) is 5.92 Å². The number of carbonyl (C=O) groups is 3. The van der Waals surface area contributed by atoms with Gasteiger partial charge in [0.15, 0.2) is 0 Å². The number of carbonyl (C=O) groups excluding carboxylic acids is 3. The van der Waals surface area contributed by atoms with Crippen molar-refractivity contribution in [1.82, 2.24) is 20.1 Å². The van der Waals surface area contributed by atoms with Crippen LogP contribution in [0.4, 0.5) is 15.8 Å². The van der Waals surface area contributed by atoms with Crippen LogP contribution in [-0.4, -0.2) is 75.1 Å². The molecule has 55 heavy (non-hydrogen) atoms. The minimum absolute atomic E-state index is 0.0399. The van der Waals surface area contributed by atoms with Gasteiger partial charge in [-0.1, -0.05) is 31.0 Å². The minimum Gasteiger partial charge on any atom is -0.394 e. The molecule has 0 aliphatic carbocycles. The Balaban J connectivity index is 0.824. The average Bonchev–Trinajstić information content (AvgIpc) is 3.76. The summed E-state index contributed by atoms with van der Waals surface area (Å²) in [7, 11) is 0. The van der Waals surface area contributed by atoms with Crippen molar-refractivity contribution >= 4 is 40.9 Å². The molecule has 5 heterocycles. The standard InChI is InChI=1S/C43H47FN6O4S/c44-30-22-33-35(25-50(43(33)54)38-10-11-40(52)48-42(38)53)39(23-30)55-19-4-2-1-3-15-46-31-7-5-6-28(20-31)29-8-9-36-34(21-29)41-32(37(26-51)47-36)14-18-49(41)24-27-12-16-45-17-13-27/h5-9,12-13,16-17,20-23,32,37-38,41,46-47,51H,1-4,10-11,14-15,18-19,24-26H2,(H,48,52,53)/t32-,37-,38?,41-/m1/s1. The fraction of sp³-hybridized carbons (Fsp3) is 0.395. The molecule has 2 saturated heterocycles. The number of fused-ring (bicyclic) bond motifs is 4. The van der Waals surface area contributed by atoms with Gasteiger partial charge in [-0.2, -0.15) is 0 Å². The van der Waals surface area contributed by atoms with E-state index >= 15 is 0 Å². The molecule has 3 amide bonds. The third kappa shape index (κ3) is 7.99. The highest BCUT2D eigenvalue weighted by atomic mass is 32.2. The number of benzene rings is 3. The molecule has 0 spiro atoms. The van der Waals surface area contributed by atoms with Crippen LogP contribution in [0.2, 0.25) is 0 Å². The molecule has 0 radical (unpaired) electrons. The summed E-state index contributed by atoms with van der Waals surface area (Å²) in [6, 6.07) is 21.7. The van der Waals surface area contributed by atoms with Gasteiger partial charge >= 0.3 is 0 Å². The number of aliphatic hydroxyl groups is 1. The molecule has 4 aliphatic heterocycles. The number of imide groups is 1. The first-order valence-electron chi connectivity index (χ1n) is 19.4. The Labute approximate surface area is 325 Å². The second-order valence-electron chi connectivity index (χ2n) is 15.1. The summed E-state index contributed by atoms with van der Waals surface area (Å²) >= 11 is 1.56. The molecule has 4 atom stereocenters. The van der Waals surface area contributed by atoms with Crippen LogP contribution in [0.15, 0.2) is 84.0 Å². The zero-order valence-electron chi connectivity index (χ0n) is 30.8. The molecule has 1 unspecified atom stereocenters. The quantitative estimate of drug-likeness (QED) is 0.0626. The van der Waals surface area contributed by atoms with E-state index in [1.165, 1.54) is 33.7 Å². The summed E-state index contributed by atoms with van der Waals surface area (Å²) in [6.07, 6.45) is 9.29. The maximum absolute atomic E-state index is 14.6. The van der Waals surface area contributed by atoms with E-state index in [4.69, 9.17) is 0 Å². The van der Waals surface area contributed by atoms with E-state index in [0.717, 1.165) is 84.9 Å². The molecule has 3 aromatic carbocycles. The molecule has 4 N–H and O–H groups in total. The second-order valence-corrected chi connectivity index (χ2v) is 16.2. The van der Waals surface area contributed by atoms with E-state index in [2.05, 4.69) is 80.4 Å². The largest absolute Gasteiger partial charge is 0.394 e. The zero-order valence-corrected chi connectivity index (χ0v) is 31.6. The SMILES string of the molecule is O=C1CCC(N2Cc3c(SCCCCCCNc4cccc(-c5ccc6c(c5)[C@H]5[C@H](CCN5Cc5ccncc5)[C@@H](CO)N6)c4)cc(F)cc3C2=O)C(=O)N1. The zero-order chi connectivity index (χ0) is 37.9. The molecule has 286 valence electrons. The Bertz CT molecular complexity index is 2070. The van der Waals surface area contributed by atoms with E-state index in [9.17, 15) is 23.9 Å². The van der Waals surface area contributed by atoms with E-state index in [1.54, 1.807) is 11.8 Å². The number of hydrogen-bond donors (Lipinski definition) is 4. The molecule has 8 rings (SSSR count). The highest BCUT2D eigenvalue weighted by molar-refractivity contribution is 7.99. The number of hydrogen-bond acceptors (Lipinski definition) is 9. The van der Waals surface area contributed by atoms with Gasteiger partial charge in [0.05, 0.1) is 12.6 Å². The second kappa shape index (κ2) is 16.5. The lowest BCUT2D eigenvalue weighted by molar-refractivity contribution is -0.136. The number of likely N-dealkylation sites (tertiary alicyclic amines) is 1. The van der Waals surface area contributed by atoms with Crippen LogP contribution in [-0.2, 0) is 22.7 Å². The summed E-state index contributed by atoms with van der Waals surface area (Å²) in [5.74, 6) is -0.466. The molecule has 0 bridgehead atoms. The van der Waals surface area contributed by atoms with E-state index < -0.39 is 17.8 Å². The number of pyridine rings is 1. The maximum atomic E-state index is 14.6. The summed E-state index contributed by atoms with van der Waals surface area (Å²) < 4.78 is 14.6. The highest BCUT2D eigenvalue weighted by Crippen LogP contribution is 2.48. The topological polar surface area (TPSA) is 127 Å². The fourth-order valence-electron chi connectivity index (χ4n) is 8.76. The van der Waals surface area contributed by atoms with Crippen molar-refractivity contribution in [1.29, 1.82) is 0 Å². The number of rotatable bonds is 14. The van der Waals surface area contributed by atoms with Crippen molar-refractivity contribution in [3.8, 4) is 11.1 Å². The van der Waals surface area contributed by atoms with Gasteiger partial charge in [-0.05, 0) is 114 Å². The van der Waals surface area contributed by atoms with Gasteiger partial charge in [0, 0.05) is 72.2 Å². The summed E-state index contributed by atoms with van der Waals surface area (Å²) in [6.45, 7) is 3.07. The smallest absolute Gasteiger partial charge is 0.255 e. The summed E-state index contributed by atoms with van der Waals surface area (Å²) in [4.78, 5) is 46.1. The number of amides is 3. The molecular weight excluding hydrogens is 716 g/mol. The first-order chi connectivity index (χ1) is 26.9. The van der Waals surface area contributed by atoms with Crippen LogP contribution in [0, 0.1) is 11.7 Å². The van der Waals surface area contributed by atoms with Crippen molar-refractivity contribution in [2.75, 3.05) is 36.1 Å². The fourth-order valence-corrected chi connectivity index (χ4v) is 9.88. The van der Waals surface area contributed by atoms with Gasteiger partial charge < -0.3 is 20.6 Å². The lowest BCUT2D eigenvalue weighted by atomic mass is 9.82. The molecule has 4 aromatic rings. The van der Waals surface area contributed by atoms with Crippen LogP contribution in [0.5, 0.6) is 0 Å². The van der Waals surface area contributed by atoms with Crippen molar-refractivity contribution in [2.45, 2.75) is 81.1 Å². The molecule has 0 saturated carbocycles. The van der Waals surface area contributed by atoms with E-state index in [0.29, 0.717) is 11.5 Å². The van der Waals surface area contributed by atoms with Crippen LogP contribution in [0.1, 0.15) is 78.0 Å². The van der Waals surface area contributed by atoms with Crippen molar-refractivity contribution < 1.29 is 23.9 Å².